The van der Waals surface area contributed by atoms with Gasteiger partial charge in [0.1, 0.15) is 5.75 Å². The van der Waals surface area contributed by atoms with Gasteiger partial charge in [0, 0.05) is 16.5 Å². The first-order valence-corrected chi connectivity index (χ1v) is 7.86. The molecule has 0 fully saturated rings. The Bertz CT molecular complexity index is 840. The summed E-state index contributed by atoms with van der Waals surface area (Å²) in [5.74, 6) is 0.789. The Morgan fingerprint density at radius 2 is 1.87 bits per heavy atom. The van der Waals surface area contributed by atoms with E-state index in [-0.39, 0.29) is 12.7 Å². The van der Waals surface area contributed by atoms with Gasteiger partial charge in [-0.15, -0.1) is 0 Å². The summed E-state index contributed by atoms with van der Waals surface area (Å²) in [4.78, 5) is 4.84. The molecule has 0 saturated heterocycles. The number of aryl methyl sites for hydroxylation is 1. The lowest BCUT2D eigenvalue weighted by Crippen LogP contribution is -2.07. The molecule has 0 radical (unpaired) electrons. The topological polar surface area (TPSA) is 42.4 Å². The molecule has 0 amide bonds. The summed E-state index contributed by atoms with van der Waals surface area (Å²) in [6.45, 7) is 6.00. The summed E-state index contributed by atoms with van der Waals surface area (Å²) in [5.41, 5.74) is 4.58. The van der Waals surface area contributed by atoms with Crippen LogP contribution in [0.2, 0.25) is 0 Å². The van der Waals surface area contributed by atoms with E-state index in [2.05, 4.69) is 0 Å². The summed E-state index contributed by atoms with van der Waals surface area (Å²) < 4.78 is 5.92. The third kappa shape index (κ3) is 3.06. The van der Waals surface area contributed by atoms with Gasteiger partial charge in [-0.25, -0.2) is 4.98 Å². The van der Waals surface area contributed by atoms with Crippen LogP contribution in [0, 0.1) is 6.92 Å². The van der Waals surface area contributed by atoms with E-state index in [4.69, 9.17) is 9.72 Å². The van der Waals surface area contributed by atoms with E-state index in [1.165, 1.54) is 0 Å². The van der Waals surface area contributed by atoms with Crippen molar-refractivity contribution in [1.29, 1.82) is 0 Å². The number of hydrogen-bond acceptors (Lipinski definition) is 3. The van der Waals surface area contributed by atoms with Gasteiger partial charge in [-0.1, -0.05) is 30.3 Å². The van der Waals surface area contributed by atoms with E-state index in [9.17, 15) is 5.11 Å². The molecule has 118 valence electrons. The maximum atomic E-state index is 9.80. The van der Waals surface area contributed by atoms with Crippen LogP contribution in [0.1, 0.15) is 25.0 Å². The maximum Gasteiger partial charge on any atom is 0.129 e. The number of nitrogens with zero attached hydrogens (tertiary/aromatic N) is 1. The second kappa shape index (κ2) is 6.39. The molecule has 0 bridgehead atoms. The summed E-state index contributed by atoms with van der Waals surface area (Å²) in [6, 6.07) is 15.9. The summed E-state index contributed by atoms with van der Waals surface area (Å²) in [6.07, 6.45) is 0.0796. The van der Waals surface area contributed by atoms with Gasteiger partial charge in [-0.3, -0.25) is 0 Å². The fourth-order valence-electron chi connectivity index (χ4n) is 2.76. The van der Waals surface area contributed by atoms with Crippen molar-refractivity contribution in [1.82, 2.24) is 4.98 Å². The molecule has 3 aromatic rings. The Hall–Kier alpha value is -2.39. The molecular weight excluding hydrogens is 286 g/mol. The van der Waals surface area contributed by atoms with Crippen LogP contribution < -0.4 is 4.74 Å². The van der Waals surface area contributed by atoms with Crippen molar-refractivity contribution in [2.75, 3.05) is 0 Å². The predicted molar refractivity (Wildman–Crippen MR) is 93.6 cm³/mol. The zero-order valence-corrected chi connectivity index (χ0v) is 13.7. The third-order valence-electron chi connectivity index (χ3n) is 3.80. The number of hydrogen-bond donors (Lipinski definition) is 1. The molecule has 23 heavy (non-hydrogen) atoms. The molecule has 0 spiro atoms. The molecule has 0 unspecified atom stereocenters. The van der Waals surface area contributed by atoms with Crippen LogP contribution in [0.5, 0.6) is 5.75 Å². The monoisotopic (exact) mass is 307 g/mol. The van der Waals surface area contributed by atoms with E-state index >= 15 is 0 Å². The van der Waals surface area contributed by atoms with Crippen LogP contribution in [0.4, 0.5) is 0 Å². The molecule has 0 aliphatic heterocycles. The minimum atomic E-state index is -0.0533. The van der Waals surface area contributed by atoms with E-state index in [1.807, 2.05) is 69.3 Å². The summed E-state index contributed by atoms with van der Waals surface area (Å²) in [5, 5.41) is 10.8. The molecular formula is C20H21NO2. The Labute approximate surface area is 136 Å². The number of benzene rings is 2. The van der Waals surface area contributed by atoms with Gasteiger partial charge in [-0.2, -0.15) is 0 Å². The van der Waals surface area contributed by atoms with Crippen LogP contribution in [-0.4, -0.2) is 16.2 Å². The highest BCUT2D eigenvalue weighted by atomic mass is 16.5. The van der Waals surface area contributed by atoms with Crippen LogP contribution in [0.25, 0.3) is 22.2 Å². The van der Waals surface area contributed by atoms with Crippen LogP contribution >= 0.6 is 0 Å². The molecule has 0 saturated carbocycles. The SMILES string of the molecule is Cc1cccc2cc(CO)c(-c3ccccc3OC(C)C)nc12. The lowest BCUT2D eigenvalue weighted by Gasteiger charge is -2.16. The van der Waals surface area contributed by atoms with Crippen molar-refractivity contribution in [2.45, 2.75) is 33.5 Å². The Balaban J connectivity index is 2.25. The normalized spacial score (nSPS) is 11.2. The Kier molecular flexibility index (Phi) is 4.30. The summed E-state index contributed by atoms with van der Waals surface area (Å²) >= 11 is 0. The van der Waals surface area contributed by atoms with E-state index < -0.39 is 0 Å². The number of para-hydroxylation sites is 2. The molecule has 0 aliphatic carbocycles. The highest BCUT2D eigenvalue weighted by Gasteiger charge is 2.14. The van der Waals surface area contributed by atoms with Gasteiger partial charge < -0.3 is 9.84 Å². The van der Waals surface area contributed by atoms with Gasteiger partial charge in [0.25, 0.3) is 0 Å². The third-order valence-corrected chi connectivity index (χ3v) is 3.80. The summed E-state index contributed by atoms with van der Waals surface area (Å²) in [7, 11) is 0. The number of aromatic nitrogens is 1. The number of pyridine rings is 1. The second-order valence-electron chi connectivity index (χ2n) is 5.96. The number of rotatable bonds is 4. The largest absolute Gasteiger partial charge is 0.490 e. The number of aliphatic hydroxyl groups is 1. The van der Waals surface area contributed by atoms with E-state index in [1.54, 1.807) is 0 Å². The molecule has 1 N–H and O–H groups in total. The van der Waals surface area contributed by atoms with Gasteiger partial charge in [0.2, 0.25) is 0 Å². The lowest BCUT2D eigenvalue weighted by atomic mass is 10.0. The zero-order valence-electron chi connectivity index (χ0n) is 13.7. The molecule has 3 heteroatoms. The first-order valence-electron chi connectivity index (χ1n) is 7.86. The average molecular weight is 307 g/mol. The van der Waals surface area contributed by atoms with Crippen LogP contribution in [-0.2, 0) is 6.61 Å². The Morgan fingerprint density at radius 3 is 2.61 bits per heavy atom. The molecule has 2 aromatic carbocycles. The van der Waals surface area contributed by atoms with Crippen molar-refractivity contribution in [3.8, 4) is 17.0 Å². The molecule has 1 heterocycles. The quantitative estimate of drug-likeness (QED) is 0.772. The molecule has 0 atom stereocenters. The van der Waals surface area contributed by atoms with Crippen molar-refractivity contribution in [3.63, 3.8) is 0 Å². The predicted octanol–water partition coefficient (Wildman–Crippen LogP) is 4.49. The zero-order chi connectivity index (χ0) is 16.4. The fraction of sp³-hybridized carbons (Fsp3) is 0.250. The van der Waals surface area contributed by atoms with Crippen LogP contribution in [0.15, 0.2) is 48.5 Å². The molecule has 1 aromatic heterocycles. The van der Waals surface area contributed by atoms with Gasteiger partial charge in [0.15, 0.2) is 0 Å². The second-order valence-corrected chi connectivity index (χ2v) is 5.96. The minimum Gasteiger partial charge on any atom is -0.490 e. The highest BCUT2D eigenvalue weighted by Crippen LogP contribution is 2.33. The smallest absolute Gasteiger partial charge is 0.129 e. The maximum absolute atomic E-state index is 9.80. The minimum absolute atomic E-state index is 0.0533. The molecule has 3 nitrogen and oxygen atoms in total. The molecule has 0 aliphatic rings. The van der Waals surface area contributed by atoms with Gasteiger partial charge >= 0.3 is 0 Å². The first-order chi connectivity index (χ1) is 11.1. The van der Waals surface area contributed by atoms with Crippen molar-refractivity contribution >= 4 is 10.9 Å². The number of fused-ring (bicyclic) bond motifs is 1. The van der Waals surface area contributed by atoms with Crippen LogP contribution in [0.3, 0.4) is 0 Å². The van der Waals surface area contributed by atoms with Crippen molar-refractivity contribution in [2.24, 2.45) is 0 Å². The van der Waals surface area contributed by atoms with E-state index in [0.29, 0.717) is 0 Å². The van der Waals surface area contributed by atoms with Crippen molar-refractivity contribution < 1.29 is 9.84 Å². The van der Waals surface area contributed by atoms with Gasteiger partial charge in [-0.05, 0) is 44.5 Å². The molecule has 3 rings (SSSR count). The van der Waals surface area contributed by atoms with Gasteiger partial charge in [0.05, 0.1) is 23.9 Å². The van der Waals surface area contributed by atoms with E-state index in [0.717, 1.165) is 39.0 Å². The number of aliphatic hydroxyl groups excluding tert-OH is 1. The standard InChI is InChI=1S/C20H21NO2/c1-13(2)23-18-10-5-4-9-17(18)20-16(12-22)11-15-8-6-7-14(3)19(15)21-20/h4-11,13,22H,12H2,1-3H3. The average Bonchev–Trinajstić information content (AvgIpc) is 2.54. The Morgan fingerprint density at radius 1 is 1.09 bits per heavy atom. The lowest BCUT2D eigenvalue weighted by molar-refractivity contribution is 0.243. The first kappa shape index (κ1) is 15.5. The highest BCUT2D eigenvalue weighted by molar-refractivity contribution is 5.86. The number of ether oxygens (including phenoxy) is 1. The fourth-order valence-corrected chi connectivity index (χ4v) is 2.76. The van der Waals surface area contributed by atoms with Crippen molar-refractivity contribution in [3.05, 3.63) is 59.7 Å².